The van der Waals surface area contributed by atoms with Crippen LogP contribution in [0.5, 0.6) is 11.5 Å². The van der Waals surface area contributed by atoms with Crippen molar-refractivity contribution >= 4 is 5.91 Å². The second-order valence-electron chi connectivity index (χ2n) is 6.10. The first-order chi connectivity index (χ1) is 11.6. The molecule has 0 bridgehead atoms. The molecule has 1 aromatic carbocycles. The van der Waals surface area contributed by atoms with E-state index in [1.165, 1.54) is 0 Å². The number of methoxy groups -OCH3 is 1. The number of benzene rings is 1. The normalized spacial score (nSPS) is 16.9. The first-order valence-electron chi connectivity index (χ1n) is 8.36. The van der Waals surface area contributed by atoms with Gasteiger partial charge in [-0.2, -0.15) is 0 Å². The minimum absolute atomic E-state index is 0.0761. The fourth-order valence-corrected chi connectivity index (χ4v) is 2.80. The lowest BCUT2D eigenvalue weighted by Gasteiger charge is -2.30. The Bertz CT molecular complexity index is 557. The highest BCUT2D eigenvalue weighted by molar-refractivity contribution is 5.78. The topological polar surface area (TPSA) is 50.8 Å². The number of rotatable bonds is 7. The molecule has 1 saturated heterocycles. The monoisotopic (exact) mass is 330 g/mol. The summed E-state index contributed by atoms with van der Waals surface area (Å²) < 4.78 is 10.9. The van der Waals surface area contributed by atoms with Crippen molar-refractivity contribution in [2.45, 2.75) is 25.9 Å². The van der Waals surface area contributed by atoms with Gasteiger partial charge in [0.2, 0.25) is 5.91 Å². The smallest absolute Gasteiger partial charge is 0.223 e. The van der Waals surface area contributed by atoms with Crippen LogP contribution in [0.1, 0.15) is 19.8 Å². The van der Waals surface area contributed by atoms with E-state index >= 15 is 0 Å². The highest BCUT2D eigenvalue weighted by Crippen LogP contribution is 2.19. The van der Waals surface area contributed by atoms with E-state index < -0.39 is 0 Å². The van der Waals surface area contributed by atoms with Crippen molar-refractivity contribution in [2.75, 3.05) is 33.3 Å². The van der Waals surface area contributed by atoms with E-state index in [2.05, 4.69) is 16.1 Å². The quantitative estimate of drug-likeness (QED) is 0.776. The van der Waals surface area contributed by atoms with E-state index in [1.54, 1.807) is 7.11 Å². The van der Waals surface area contributed by atoms with Crippen LogP contribution in [0, 0.1) is 18.3 Å². The summed E-state index contributed by atoms with van der Waals surface area (Å²) in [5, 5.41) is 2.99. The molecule has 0 aliphatic carbocycles. The largest absolute Gasteiger partial charge is 0.497 e. The van der Waals surface area contributed by atoms with Gasteiger partial charge in [0.25, 0.3) is 0 Å². The van der Waals surface area contributed by atoms with E-state index in [0.29, 0.717) is 13.1 Å². The predicted molar refractivity (Wildman–Crippen MR) is 94.1 cm³/mol. The van der Waals surface area contributed by atoms with Crippen LogP contribution in [0.2, 0.25) is 0 Å². The zero-order chi connectivity index (χ0) is 17.4. The van der Waals surface area contributed by atoms with Gasteiger partial charge in [-0.3, -0.25) is 9.69 Å². The van der Waals surface area contributed by atoms with E-state index in [-0.39, 0.29) is 17.9 Å². The maximum absolute atomic E-state index is 12.3. The molecule has 1 aliphatic rings. The van der Waals surface area contributed by atoms with Gasteiger partial charge in [0.15, 0.2) is 0 Å². The Hall–Kier alpha value is -2.19. The van der Waals surface area contributed by atoms with Crippen molar-refractivity contribution in [3.63, 3.8) is 0 Å². The number of carbonyl (C=O) groups excluding carboxylic acids is 1. The van der Waals surface area contributed by atoms with Gasteiger partial charge in [0.1, 0.15) is 17.6 Å². The highest BCUT2D eigenvalue weighted by Gasteiger charge is 2.24. The standard InChI is InChI=1S/C19H26N2O3/c1-4-11-21-12-9-16(10-13-21)19(22)20-14-15(2)24-18-7-5-17(23-3)6-8-18/h1,5-8,15-16H,9-14H2,2-3H3,(H,20,22). The second-order valence-corrected chi connectivity index (χ2v) is 6.10. The minimum atomic E-state index is -0.0936. The van der Waals surface area contributed by atoms with Gasteiger partial charge in [-0.1, -0.05) is 5.92 Å². The van der Waals surface area contributed by atoms with Crippen molar-refractivity contribution in [3.8, 4) is 23.8 Å². The number of likely N-dealkylation sites (tertiary alicyclic amines) is 1. The Balaban J connectivity index is 1.70. The molecule has 1 fully saturated rings. The number of nitrogens with zero attached hydrogens (tertiary/aromatic N) is 1. The Labute approximate surface area is 144 Å². The van der Waals surface area contributed by atoms with Crippen molar-refractivity contribution in [3.05, 3.63) is 24.3 Å². The maximum atomic E-state index is 12.3. The molecule has 1 amide bonds. The summed E-state index contributed by atoms with van der Waals surface area (Å²) >= 11 is 0. The lowest BCUT2D eigenvalue weighted by atomic mass is 9.96. The number of amides is 1. The maximum Gasteiger partial charge on any atom is 0.223 e. The molecule has 24 heavy (non-hydrogen) atoms. The van der Waals surface area contributed by atoms with Gasteiger partial charge in [0.05, 0.1) is 20.2 Å². The first-order valence-corrected chi connectivity index (χ1v) is 8.36. The molecule has 1 unspecified atom stereocenters. The average molecular weight is 330 g/mol. The lowest BCUT2D eigenvalue weighted by molar-refractivity contribution is -0.126. The molecule has 1 atom stereocenters. The lowest BCUT2D eigenvalue weighted by Crippen LogP contribution is -2.42. The van der Waals surface area contributed by atoms with Gasteiger partial charge < -0.3 is 14.8 Å². The molecule has 5 nitrogen and oxygen atoms in total. The summed E-state index contributed by atoms with van der Waals surface area (Å²) in [5.74, 6) is 4.40. The third-order valence-electron chi connectivity index (χ3n) is 4.23. The number of ether oxygens (including phenoxy) is 2. The van der Waals surface area contributed by atoms with Crippen molar-refractivity contribution in [2.24, 2.45) is 5.92 Å². The number of nitrogens with one attached hydrogen (secondary N) is 1. The SMILES string of the molecule is C#CCN1CCC(C(=O)NCC(C)Oc2ccc(OC)cc2)CC1. The third kappa shape index (κ3) is 5.47. The van der Waals surface area contributed by atoms with E-state index in [0.717, 1.165) is 37.4 Å². The zero-order valence-corrected chi connectivity index (χ0v) is 14.5. The van der Waals surface area contributed by atoms with Gasteiger partial charge >= 0.3 is 0 Å². The Kier molecular flexibility index (Phi) is 6.95. The van der Waals surface area contributed by atoms with Crippen LogP contribution >= 0.6 is 0 Å². The predicted octanol–water partition coefficient (Wildman–Crippen LogP) is 1.92. The number of carbonyl (C=O) groups is 1. The number of hydrogen-bond donors (Lipinski definition) is 1. The van der Waals surface area contributed by atoms with Crippen molar-refractivity contribution in [1.82, 2.24) is 10.2 Å². The van der Waals surface area contributed by atoms with Crippen LogP contribution < -0.4 is 14.8 Å². The summed E-state index contributed by atoms with van der Waals surface area (Å²) in [7, 11) is 1.63. The molecule has 0 radical (unpaired) electrons. The summed E-state index contributed by atoms with van der Waals surface area (Å²) in [6.45, 7) is 4.89. The molecule has 1 aliphatic heterocycles. The molecule has 5 heteroatoms. The van der Waals surface area contributed by atoms with Gasteiger partial charge in [0, 0.05) is 5.92 Å². The molecule has 1 N–H and O–H groups in total. The van der Waals surface area contributed by atoms with E-state index in [1.807, 2.05) is 31.2 Å². The molecule has 2 rings (SSSR count). The van der Waals surface area contributed by atoms with E-state index in [4.69, 9.17) is 15.9 Å². The van der Waals surface area contributed by atoms with Gasteiger partial charge in [-0.15, -0.1) is 6.42 Å². The minimum Gasteiger partial charge on any atom is -0.497 e. The first kappa shape index (κ1) is 18.2. The fraction of sp³-hybridized carbons (Fsp3) is 0.526. The van der Waals surface area contributed by atoms with Crippen LogP contribution in [0.15, 0.2) is 24.3 Å². The van der Waals surface area contributed by atoms with E-state index in [9.17, 15) is 4.79 Å². The number of piperidine rings is 1. The molecule has 130 valence electrons. The zero-order valence-electron chi connectivity index (χ0n) is 14.5. The highest BCUT2D eigenvalue weighted by atomic mass is 16.5. The fourth-order valence-electron chi connectivity index (χ4n) is 2.80. The molecular formula is C19H26N2O3. The van der Waals surface area contributed by atoms with Crippen molar-refractivity contribution < 1.29 is 14.3 Å². The average Bonchev–Trinajstić information content (AvgIpc) is 2.61. The molecule has 0 spiro atoms. The third-order valence-corrected chi connectivity index (χ3v) is 4.23. The van der Waals surface area contributed by atoms with Crippen LogP contribution in [-0.2, 0) is 4.79 Å². The van der Waals surface area contributed by atoms with Crippen LogP contribution in [-0.4, -0.2) is 50.2 Å². The van der Waals surface area contributed by atoms with Crippen molar-refractivity contribution in [1.29, 1.82) is 0 Å². The Morgan fingerprint density at radius 1 is 1.33 bits per heavy atom. The number of hydrogen-bond acceptors (Lipinski definition) is 4. The van der Waals surface area contributed by atoms with Gasteiger partial charge in [-0.05, 0) is 57.1 Å². The summed E-state index contributed by atoms with van der Waals surface area (Å²) in [4.78, 5) is 14.5. The summed E-state index contributed by atoms with van der Waals surface area (Å²) in [5.41, 5.74) is 0. The summed E-state index contributed by atoms with van der Waals surface area (Å²) in [6.07, 6.45) is 6.95. The Morgan fingerprint density at radius 3 is 2.54 bits per heavy atom. The van der Waals surface area contributed by atoms with Crippen LogP contribution in [0.3, 0.4) is 0 Å². The Morgan fingerprint density at radius 2 is 1.96 bits per heavy atom. The molecule has 0 saturated carbocycles. The second kappa shape index (κ2) is 9.19. The number of terminal acetylenes is 1. The molecular weight excluding hydrogens is 304 g/mol. The molecule has 1 heterocycles. The van der Waals surface area contributed by atoms with Crippen LogP contribution in [0.25, 0.3) is 0 Å². The molecule has 0 aromatic heterocycles. The molecule has 1 aromatic rings. The van der Waals surface area contributed by atoms with Gasteiger partial charge in [-0.25, -0.2) is 0 Å². The van der Waals surface area contributed by atoms with Crippen LogP contribution in [0.4, 0.5) is 0 Å². The summed E-state index contributed by atoms with van der Waals surface area (Å²) in [6, 6.07) is 7.42.